The Morgan fingerprint density at radius 1 is 1.23 bits per heavy atom. The first-order chi connectivity index (χ1) is 12.5. The van der Waals surface area contributed by atoms with E-state index >= 15 is 0 Å². The van der Waals surface area contributed by atoms with Gasteiger partial charge in [0.05, 0.1) is 25.3 Å². The molecule has 0 aliphatic heterocycles. The molecule has 1 aliphatic rings. The van der Waals surface area contributed by atoms with Gasteiger partial charge in [-0.1, -0.05) is 20.8 Å². The smallest absolute Gasteiger partial charge is 0.341 e. The standard InChI is InChI=1S/C20H32N2O3S/c1-5-10-22(11-6-2)13-17(23)21-19-18(20(24)25-7-3)15-9-8-14(4)12-16(15)26-19/h14H,5-13H2,1-4H3,(H,21,23)/p+1/t14-/m1/s1. The minimum Gasteiger partial charge on any atom is -0.462 e. The topological polar surface area (TPSA) is 59.8 Å². The Morgan fingerprint density at radius 2 is 1.92 bits per heavy atom. The van der Waals surface area contributed by atoms with Gasteiger partial charge in [0.25, 0.3) is 5.91 Å². The molecule has 2 N–H and O–H groups in total. The van der Waals surface area contributed by atoms with Crippen molar-refractivity contribution in [1.29, 1.82) is 0 Å². The van der Waals surface area contributed by atoms with E-state index < -0.39 is 0 Å². The summed E-state index contributed by atoms with van der Waals surface area (Å²) in [5, 5.41) is 3.71. The van der Waals surface area contributed by atoms with E-state index in [2.05, 4.69) is 26.1 Å². The van der Waals surface area contributed by atoms with Gasteiger partial charge in [0.1, 0.15) is 5.00 Å². The van der Waals surface area contributed by atoms with E-state index in [0.717, 1.165) is 50.8 Å². The first-order valence-electron chi connectivity index (χ1n) is 9.95. The van der Waals surface area contributed by atoms with Gasteiger partial charge in [-0.3, -0.25) is 4.79 Å². The quantitative estimate of drug-likeness (QED) is 0.647. The van der Waals surface area contributed by atoms with Crippen molar-refractivity contribution in [2.24, 2.45) is 5.92 Å². The second kappa shape index (κ2) is 10.1. The molecule has 0 saturated carbocycles. The summed E-state index contributed by atoms with van der Waals surface area (Å²) >= 11 is 1.56. The molecule has 0 radical (unpaired) electrons. The van der Waals surface area contributed by atoms with Crippen LogP contribution in [0.15, 0.2) is 0 Å². The van der Waals surface area contributed by atoms with Crippen molar-refractivity contribution in [3.8, 4) is 0 Å². The Labute approximate surface area is 161 Å². The number of carbonyl (C=O) groups excluding carboxylic acids is 2. The summed E-state index contributed by atoms with van der Waals surface area (Å²) in [5.74, 6) is 0.300. The zero-order valence-electron chi connectivity index (χ0n) is 16.6. The molecule has 0 fully saturated rings. The highest BCUT2D eigenvalue weighted by molar-refractivity contribution is 7.17. The van der Waals surface area contributed by atoms with E-state index in [4.69, 9.17) is 4.74 Å². The van der Waals surface area contributed by atoms with E-state index in [-0.39, 0.29) is 11.9 Å². The fourth-order valence-corrected chi connectivity index (χ4v) is 5.08. The maximum absolute atomic E-state index is 12.6. The largest absolute Gasteiger partial charge is 0.462 e. The van der Waals surface area contributed by atoms with Crippen LogP contribution in [0.5, 0.6) is 0 Å². The van der Waals surface area contributed by atoms with Gasteiger partial charge in [0, 0.05) is 4.88 Å². The van der Waals surface area contributed by atoms with Gasteiger partial charge >= 0.3 is 5.97 Å². The molecule has 0 aromatic carbocycles. The number of rotatable bonds is 9. The zero-order chi connectivity index (χ0) is 19.1. The Hall–Kier alpha value is -1.40. The summed E-state index contributed by atoms with van der Waals surface area (Å²) in [7, 11) is 0. The van der Waals surface area contributed by atoms with Crippen LogP contribution >= 0.6 is 11.3 Å². The van der Waals surface area contributed by atoms with Crippen LogP contribution in [0.3, 0.4) is 0 Å². The van der Waals surface area contributed by atoms with Crippen molar-refractivity contribution in [2.45, 2.75) is 59.8 Å². The number of carbonyl (C=O) groups is 2. The van der Waals surface area contributed by atoms with Crippen LogP contribution in [0.2, 0.25) is 0 Å². The predicted molar refractivity (Wildman–Crippen MR) is 106 cm³/mol. The summed E-state index contributed by atoms with van der Waals surface area (Å²) in [6, 6.07) is 0. The lowest BCUT2D eigenvalue weighted by atomic mass is 9.88. The predicted octanol–water partition coefficient (Wildman–Crippen LogP) is 2.69. The second-order valence-corrected chi connectivity index (χ2v) is 8.36. The number of hydrogen-bond donors (Lipinski definition) is 2. The van der Waals surface area contributed by atoms with Crippen molar-refractivity contribution in [3.63, 3.8) is 0 Å². The Morgan fingerprint density at radius 3 is 2.54 bits per heavy atom. The molecule has 0 bridgehead atoms. The van der Waals surface area contributed by atoms with Crippen molar-refractivity contribution >= 4 is 28.2 Å². The molecule has 1 aromatic heterocycles. The van der Waals surface area contributed by atoms with E-state index in [1.54, 1.807) is 11.3 Å². The molecule has 0 spiro atoms. The molecule has 6 heteroatoms. The lowest BCUT2D eigenvalue weighted by Crippen LogP contribution is -3.13. The Balaban J connectivity index is 2.19. The van der Waals surface area contributed by atoms with Crippen molar-refractivity contribution in [2.75, 3.05) is 31.6 Å². The molecular weight excluding hydrogens is 348 g/mol. The van der Waals surface area contributed by atoms with Crippen LogP contribution in [0, 0.1) is 5.92 Å². The second-order valence-electron chi connectivity index (χ2n) is 7.25. The number of anilines is 1. The van der Waals surface area contributed by atoms with Gasteiger partial charge in [-0.15, -0.1) is 11.3 Å². The Kier molecular flexibility index (Phi) is 8.10. The van der Waals surface area contributed by atoms with Gasteiger partial charge < -0.3 is 15.0 Å². The van der Waals surface area contributed by atoms with Crippen LogP contribution < -0.4 is 10.2 Å². The SMILES string of the molecule is CCC[NH+](CCC)CC(=O)Nc1sc2c(c1C(=O)OCC)CC[C@@H](C)C2. The number of fused-ring (bicyclic) bond motifs is 1. The molecule has 0 saturated heterocycles. The van der Waals surface area contributed by atoms with Crippen LogP contribution in [0.4, 0.5) is 5.00 Å². The van der Waals surface area contributed by atoms with E-state index in [0.29, 0.717) is 29.6 Å². The molecule has 1 aromatic rings. The van der Waals surface area contributed by atoms with Crippen LogP contribution in [0.25, 0.3) is 0 Å². The third-order valence-corrected chi connectivity index (χ3v) is 6.03. The van der Waals surface area contributed by atoms with Gasteiger partial charge in [0.15, 0.2) is 6.54 Å². The lowest BCUT2D eigenvalue weighted by Gasteiger charge is -2.18. The molecule has 0 unspecified atom stereocenters. The zero-order valence-corrected chi connectivity index (χ0v) is 17.4. The first-order valence-corrected chi connectivity index (χ1v) is 10.8. The molecule has 1 aliphatic carbocycles. The van der Waals surface area contributed by atoms with E-state index in [9.17, 15) is 9.59 Å². The van der Waals surface area contributed by atoms with E-state index in [1.165, 1.54) is 9.78 Å². The third-order valence-electron chi connectivity index (χ3n) is 4.86. The summed E-state index contributed by atoms with van der Waals surface area (Å²) in [4.78, 5) is 27.6. The molecule has 26 heavy (non-hydrogen) atoms. The van der Waals surface area contributed by atoms with E-state index in [1.807, 2.05) is 6.92 Å². The van der Waals surface area contributed by atoms with Crippen molar-refractivity contribution < 1.29 is 19.2 Å². The molecule has 1 amide bonds. The number of ether oxygens (including phenoxy) is 1. The van der Waals surface area contributed by atoms with Gasteiger partial charge in [-0.25, -0.2) is 4.79 Å². The number of hydrogen-bond acceptors (Lipinski definition) is 4. The normalized spacial score (nSPS) is 16.4. The lowest BCUT2D eigenvalue weighted by molar-refractivity contribution is -0.891. The van der Waals surface area contributed by atoms with Crippen molar-refractivity contribution in [1.82, 2.24) is 0 Å². The first kappa shape index (κ1) is 20.9. The number of nitrogens with one attached hydrogen (secondary N) is 2. The average Bonchev–Trinajstić information content (AvgIpc) is 2.92. The van der Waals surface area contributed by atoms with Gasteiger partial charge in [0.2, 0.25) is 0 Å². The minimum absolute atomic E-state index is 0.0147. The maximum atomic E-state index is 12.6. The maximum Gasteiger partial charge on any atom is 0.341 e. The fourth-order valence-electron chi connectivity index (χ4n) is 3.66. The highest BCUT2D eigenvalue weighted by atomic mass is 32.1. The molecule has 2 rings (SSSR count). The van der Waals surface area contributed by atoms with Crippen LogP contribution in [0.1, 0.15) is 67.8 Å². The van der Waals surface area contributed by atoms with Crippen LogP contribution in [-0.2, 0) is 22.4 Å². The highest BCUT2D eigenvalue weighted by Gasteiger charge is 2.29. The molecule has 1 atom stereocenters. The average molecular weight is 382 g/mol. The summed E-state index contributed by atoms with van der Waals surface area (Å²) in [5.41, 5.74) is 1.69. The Bertz CT molecular complexity index is 621. The number of esters is 1. The number of thiophene rings is 1. The minimum atomic E-state index is -0.304. The third kappa shape index (κ3) is 5.30. The molecule has 1 heterocycles. The van der Waals surface area contributed by atoms with Crippen molar-refractivity contribution in [3.05, 3.63) is 16.0 Å². The number of quaternary nitrogens is 1. The monoisotopic (exact) mass is 381 g/mol. The summed E-state index contributed by atoms with van der Waals surface area (Å²) in [6.45, 7) is 11.1. The van der Waals surface area contributed by atoms with Gasteiger partial charge in [-0.2, -0.15) is 0 Å². The number of amides is 1. The summed E-state index contributed by atoms with van der Waals surface area (Å²) in [6.07, 6.45) is 5.06. The molecule has 5 nitrogen and oxygen atoms in total. The van der Waals surface area contributed by atoms with Crippen LogP contribution in [-0.4, -0.2) is 38.1 Å². The molecular formula is C20H33N2O3S+. The highest BCUT2D eigenvalue weighted by Crippen LogP contribution is 2.40. The molecule has 146 valence electrons. The fraction of sp³-hybridized carbons (Fsp3) is 0.700. The van der Waals surface area contributed by atoms with Gasteiger partial charge in [-0.05, 0) is 50.5 Å². The summed E-state index contributed by atoms with van der Waals surface area (Å²) < 4.78 is 5.27.